The van der Waals surface area contributed by atoms with Gasteiger partial charge in [0.15, 0.2) is 0 Å². The number of H-pyrrole nitrogens is 1. The van der Waals surface area contributed by atoms with Crippen LogP contribution in [0, 0.1) is 5.82 Å². The number of nitrogens with zero attached hydrogens (tertiary/aromatic N) is 2. The molecule has 1 aromatic heterocycles. The molecule has 0 aliphatic rings. The van der Waals surface area contributed by atoms with E-state index in [4.69, 9.17) is 4.74 Å². The Labute approximate surface area is 119 Å². The Hall–Kier alpha value is -2.89. The van der Waals surface area contributed by atoms with Crippen molar-refractivity contribution in [3.05, 3.63) is 76.7 Å². The second-order valence-electron chi connectivity index (χ2n) is 4.44. The standard InChI is InChI=1S/C15H12FN3O2/c16-12-6-4-11(5-7-12)9-21-14-3-1-2-13(8-14)19-10-17-18-15(19)20/h1-8,10H,9H2,(H,18,20). The number of benzene rings is 2. The van der Waals surface area contributed by atoms with Crippen molar-refractivity contribution in [3.63, 3.8) is 0 Å². The summed E-state index contributed by atoms with van der Waals surface area (Å²) in [4.78, 5) is 11.5. The number of halogens is 1. The lowest BCUT2D eigenvalue weighted by atomic mass is 10.2. The number of rotatable bonds is 4. The highest BCUT2D eigenvalue weighted by Crippen LogP contribution is 2.17. The van der Waals surface area contributed by atoms with Gasteiger partial charge in [-0.2, -0.15) is 5.10 Å². The Kier molecular flexibility index (Phi) is 3.51. The van der Waals surface area contributed by atoms with Gasteiger partial charge >= 0.3 is 5.69 Å². The summed E-state index contributed by atoms with van der Waals surface area (Å²) in [7, 11) is 0. The summed E-state index contributed by atoms with van der Waals surface area (Å²) in [6.45, 7) is 0.323. The molecule has 6 heteroatoms. The van der Waals surface area contributed by atoms with E-state index in [1.54, 1.807) is 36.4 Å². The lowest BCUT2D eigenvalue weighted by molar-refractivity contribution is 0.306. The fourth-order valence-corrected chi connectivity index (χ4v) is 1.90. The monoisotopic (exact) mass is 285 g/mol. The summed E-state index contributed by atoms with van der Waals surface area (Å²) in [6.07, 6.45) is 1.40. The molecule has 106 valence electrons. The number of aromatic amines is 1. The van der Waals surface area contributed by atoms with Crippen molar-refractivity contribution in [1.29, 1.82) is 0 Å². The molecule has 1 heterocycles. The third-order valence-electron chi connectivity index (χ3n) is 2.97. The molecule has 0 saturated heterocycles. The minimum absolute atomic E-state index is 0.278. The first-order valence-corrected chi connectivity index (χ1v) is 6.32. The van der Waals surface area contributed by atoms with Crippen LogP contribution in [0.25, 0.3) is 5.69 Å². The van der Waals surface area contributed by atoms with Crippen molar-refractivity contribution in [3.8, 4) is 11.4 Å². The summed E-state index contributed by atoms with van der Waals surface area (Å²) in [5.74, 6) is 0.338. The third-order valence-corrected chi connectivity index (χ3v) is 2.97. The minimum Gasteiger partial charge on any atom is -0.489 e. The van der Waals surface area contributed by atoms with Crippen molar-refractivity contribution in [2.45, 2.75) is 6.61 Å². The summed E-state index contributed by atoms with van der Waals surface area (Å²) in [6, 6.07) is 13.2. The highest BCUT2D eigenvalue weighted by atomic mass is 19.1. The quantitative estimate of drug-likeness (QED) is 0.800. The maximum Gasteiger partial charge on any atom is 0.347 e. The molecule has 0 spiro atoms. The zero-order chi connectivity index (χ0) is 14.7. The second-order valence-corrected chi connectivity index (χ2v) is 4.44. The first-order chi connectivity index (χ1) is 10.2. The van der Waals surface area contributed by atoms with Gasteiger partial charge in [0.2, 0.25) is 0 Å². The predicted molar refractivity (Wildman–Crippen MR) is 74.9 cm³/mol. The van der Waals surface area contributed by atoms with Crippen LogP contribution in [0.4, 0.5) is 4.39 Å². The third kappa shape index (κ3) is 3.00. The van der Waals surface area contributed by atoms with Gasteiger partial charge in [-0.3, -0.25) is 0 Å². The molecular weight excluding hydrogens is 273 g/mol. The van der Waals surface area contributed by atoms with Crippen molar-refractivity contribution in [2.75, 3.05) is 0 Å². The van der Waals surface area contributed by atoms with Gasteiger partial charge in [0.1, 0.15) is 24.5 Å². The van der Waals surface area contributed by atoms with Gasteiger partial charge in [0, 0.05) is 6.07 Å². The zero-order valence-corrected chi connectivity index (χ0v) is 11.0. The van der Waals surface area contributed by atoms with Crippen LogP contribution >= 0.6 is 0 Å². The fourth-order valence-electron chi connectivity index (χ4n) is 1.90. The molecular formula is C15H12FN3O2. The van der Waals surface area contributed by atoms with Gasteiger partial charge in [0.25, 0.3) is 0 Å². The summed E-state index contributed by atoms with van der Waals surface area (Å²) >= 11 is 0. The van der Waals surface area contributed by atoms with Gasteiger partial charge in [-0.25, -0.2) is 18.9 Å². The fraction of sp³-hybridized carbons (Fsp3) is 0.0667. The first kappa shape index (κ1) is 13.1. The summed E-state index contributed by atoms with van der Waals surface area (Å²) in [5, 5.41) is 6.01. The Morgan fingerprint density at radius 2 is 2.00 bits per heavy atom. The zero-order valence-electron chi connectivity index (χ0n) is 11.0. The molecule has 0 atom stereocenters. The smallest absolute Gasteiger partial charge is 0.347 e. The molecule has 2 aromatic carbocycles. The highest BCUT2D eigenvalue weighted by Gasteiger charge is 2.03. The Morgan fingerprint density at radius 3 is 2.71 bits per heavy atom. The topological polar surface area (TPSA) is 59.9 Å². The predicted octanol–water partition coefficient (Wildman–Crippen LogP) is 2.28. The Bertz CT molecular complexity index is 793. The van der Waals surface area contributed by atoms with Crippen LogP contribution in [-0.4, -0.2) is 14.8 Å². The van der Waals surface area contributed by atoms with Gasteiger partial charge in [-0.1, -0.05) is 18.2 Å². The molecule has 0 fully saturated rings. The van der Waals surface area contributed by atoms with Crippen LogP contribution in [0.15, 0.2) is 59.7 Å². The molecule has 0 saturated carbocycles. The molecule has 3 rings (SSSR count). The number of ether oxygens (including phenoxy) is 1. The van der Waals surface area contributed by atoms with Gasteiger partial charge in [0.05, 0.1) is 5.69 Å². The molecule has 0 unspecified atom stereocenters. The van der Waals surface area contributed by atoms with E-state index in [2.05, 4.69) is 10.2 Å². The van der Waals surface area contributed by atoms with Crippen LogP contribution in [0.3, 0.4) is 0 Å². The van der Waals surface area contributed by atoms with Gasteiger partial charge in [-0.05, 0) is 29.8 Å². The van der Waals surface area contributed by atoms with Crippen LogP contribution < -0.4 is 10.4 Å². The summed E-state index contributed by atoms with van der Waals surface area (Å²) in [5.41, 5.74) is 1.21. The van der Waals surface area contributed by atoms with E-state index >= 15 is 0 Å². The maximum atomic E-state index is 12.8. The van der Waals surface area contributed by atoms with Crippen molar-refractivity contribution < 1.29 is 9.13 Å². The normalized spacial score (nSPS) is 10.5. The van der Waals surface area contributed by atoms with E-state index in [1.807, 2.05) is 0 Å². The molecule has 21 heavy (non-hydrogen) atoms. The number of hydrogen-bond donors (Lipinski definition) is 1. The SMILES string of the molecule is O=c1[nH]ncn1-c1cccc(OCc2ccc(F)cc2)c1. The molecule has 3 aromatic rings. The second kappa shape index (κ2) is 5.62. The van der Waals surface area contributed by atoms with Crippen LogP contribution in [-0.2, 0) is 6.61 Å². The average Bonchev–Trinajstić information content (AvgIpc) is 2.93. The van der Waals surface area contributed by atoms with Crippen LogP contribution in [0.2, 0.25) is 0 Å². The van der Waals surface area contributed by atoms with E-state index < -0.39 is 0 Å². The molecule has 0 aliphatic heterocycles. The van der Waals surface area contributed by atoms with Crippen molar-refractivity contribution in [1.82, 2.24) is 14.8 Å². The summed E-state index contributed by atoms with van der Waals surface area (Å²) < 4.78 is 19.8. The van der Waals surface area contributed by atoms with E-state index in [9.17, 15) is 9.18 Å². The molecule has 0 aliphatic carbocycles. The lowest BCUT2D eigenvalue weighted by Gasteiger charge is -2.08. The Balaban J connectivity index is 1.76. The first-order valence-electron chi connectivity index (χ1n) is 6.32. The maximum absolute atomic E-state index is 12.8. The number of nitrogens with one attached hydrogen (secondary N) is 1. The molecule has 0 radical (unpaired) electrons. The van der Waals surface area contributed by atoms with E-state index in [0.29, 0.717) is 18.0 Å². The van der Waals surface area contributed by atoms with E-state index in [0.717, 1.165) is 5.56 Å². The Morgan fingerprint density at radius 1 is 1.19 bits per heavy atom. The number of hydrogen-bond acceptors (Lipinski definition) is 3. The molecule has 5 nitrogen and oxygen atoms in total. The van der Waals surface area contributed by atoms with Gasteiger partial charge in [-0.15, -0.1) is 0 Å². The van der Waals surface area contributed by atoms with Crippen molar-refractivity contribution in [2.24, 2.45) is 0 Å². The highest BCUT2D eigenvalue weighted by molar-refractivity contribution is 5.38. The minimum atomic E-state index is -0.314. The molecule has 1 N–H and O–H groups in total. The van der Waals surface area contributed by atoms with E-state index in [-0.39, 0.29) is 11.5 Å². The number of aromatic nitrogens is 3. The molecule has 0 bridgehead atoms. The van der Waals surface area contributed by atoms with Gasteiger partial charge < -0.3 is 4.74 Å². The van der Waals surface area contributed by atoms with Crippen molar-refractivity contribution >= 4 is 0 Å². The average molecular weight is 285 g/mol. The molecule has 0 amide bonds. The van der Waals surface area contributed by atoms with Crippen LogP contribution in [0.5, 0.6) is 5.75 Å². The van der Waals surface area contributed by atoms with E-state index in [1.165, 1.54) is 23.0 Å². The lowest BCUT2D eigenvalue weighted by Crippen LogP contribution is -2.14. The van der Waals surface area contributed by atoms with Crippen LogP contribution in [0.1, 0.15) is 5.56 Å². The largest absolute Gasteiger partial charge is 0.489 e.